The highest BCUT2D eigenvalue weighted by Gasteiger charge is 2.11. The number of anilines is 2. The van der Waals surface area contributed by atoms with Crippen molar-refractivity contribution in [3.63, 3.8) is 0 Å². The van der Waals surface area contributed by atoms with Gasteiger partial charge in [-0.15, -0.1) is 0 Å². The number of hydrogen-bond donors (Lipinski definition) is 2. The molecule has 110 valence electrons. The summed E-state index contributed by atoms with van der Waals surface area (Å²) in [5.41, 5.74) is 1.49. The van der Waals surface area contributed by atoms with Gasteiger partial charge in [0.15, 0.2) is 11.6 Å². The average molecular weight is 291 g/mol. The van der Waals surface area contributed by atoms with E-state index in [0.717, 1.165) is 17.8 Å². The molecule has 2 rings (SSSR count). The Morgan fingerprint density at radius 3 is 2.71 bits per heavy atom. The minimum absolute atomic E-state index is 0.0196. The lowest BCUT2D eigenvalue weighted by atomic mass is 10.1. The number of nitrogens with one attached hydrogen (secondary N) is 2. The van der Waals surface area contributed by atoms with Crippen molar-refractivity contribution in [1.82, 2.24) is 4.98 Å². The largest absolute Gasteiger partial charge is 0.361 e. The van der Waals surface area contributed by atoms with Crippen LogP contribution < -0.4 is 10.6 Å². The minimum atomic E-state index is -0.750. The fourth-order valence-electron chi connectivity index (χ4n) is 1.90. The standard InChI is InChI=1S/C15H15F2N3O/c1-9(19-15-14(17)7-12(16)8-18-15)11-4-3-5-13(6-11)20-10(2)21/h3-9H,1-2H3,(H,18,19)(H,20,21). The van der Waals surface area contributed by atoms with Crippen LogP contribution in [0.1, 0.15) is 25.5 Å². The fourth-order valence-corrected chi connectivity index (χ4v) is 1.90. The molecule has 0 saturated carbocycles. The molecule has 0 fully saturated rings. The monoisotopic (exact) mass is 291 g/mol. The molecule has 0 saturated heterocycles. The van der Waals surface area contributed by atoms with Crippen LogP contribution in [0.5, 0.6) is 0 Å². The van der Waals surface area contributed by atoms with E-state index >= 15 is 0 Å². The molecule has 1 aromatic heterocycles. The van der Waals surface area contributed by atoms with Crippen LogP contribution in [0, 0.1) is 11.6 Å². The first-order valence-electron chi connectivity index (χ1n) is 6.41. The zero-order valence-electron chi connectivity index (χ0n) is 11.7. The fraction of sp³-hybridized carbons (Fsp3) is 0.200. The highest BCUT2D eigenvalue weighted by molar-refractivity contribution is 5.88. The molecule has 0 bridgehead atoms. The topological polar surface area (TPSA) is 54.0 Å². The average Bonchev–Trinajstić information content (AvgIpc) is 2.41. The molecular formula is C15H15F2N3O. The van der Waals surface area contributed by atoms with Crippen LogP contribution in [0.2, 0.25) is 0 Å². The number of pyridine rings is 1. The van der Waals surface area contributed by atoms with Gasteiger partial charge in [-0.1, -0.05) is 12.1 Å². The van der Waals surface area contributed by atoms with Gasteiger partial charge in [-0.2, -0.15) is 0 Å². The summed E-state index contributed by atoms with van der Waals surface area (Å²) in [5.74, 6) is -1.66. The molecule has 2 N–H and O–H groups in total. The van der Waals surface area contributed by atoms with Gasteiger partial charge in [0.05, 0.1) is 12.2 Å². The summed E-state index contributed by atoms with van der Waals surface area (Å²) >= 11 is 0. The summed E-state index contributed by atoms with van der Waals surface area (Å²) in [7, 11) is 0. The Hall–Kier alpha value is -2.50. The maximum Gasteiger partial charge on any atom is 0.221 e. The Kier molecular flexibility index (Phi) is 4.47. The zero-order valence-corrected chi connectivity index (χ0v) is 11.7. The molecule has 0 radical (unpaired) electrons. The Balaban J connectivity index is 2.16. The second-order valence-corrected chi connectivity index (χ2v) is 4.66. The van der Waals surface area contributed by atoms with E-state index in [1.165, 1.54) is 6.92 Å². The molecule has 0 aliphatic heterocycles. The van der Waals surface area contributed by atoms with Crippen molar-refractivity contribution < 1.29 is 13.6 Å². The Bertz CT molecular complexity index is 661. The SMILES string of the molecule is CC(=O)Nc1cccc(C(C)Nc2ncc(F)cc2F)c1. The summed E-state index contributed by atoms with van der Waals surface area (Å²) in [6.45, 7) is 3.24. The predicted octanol–water partition coefficient (Wildman–Crippen LogP) is 3.49. The first-order chi connectivity index (χ1) is 9.95. The lowest BCUT2D eigenvalue weighted by Crippen LogP contribution is -2.11. The number of halogens is 2. The molecule has 1 aromatic carbocycles. The van der Waals surface area contributed by atoms with Crippen molar-refractivity contribution in [1.29, 1.82) is 0 Å². The van der Waals surface area contributed by atoms with Gasteiger partial charge in [0.1, 0.15) is 5.82 Å². The van der Waals surface area contributed by atoms with E-state index < -0.39 is 11.6 Å². The van der Waals surface area contributed by atoms with Crippen molar-refractivity contribution in [3.8, 4) is 0 Å². The second kappa shape index (κ2) is 6.30. The number of carbonyl (C=O) groups is 1. The van der Waals surface area contributed by atoms with Gasteiger partial charge < -0.3 is 10.6 Å². The summed E-state index contributed by atoms with van der Waals surface area (Å²) < 4.78 is 26.4. The Morgan fingerprint density at radius 2 is 2.05 bits per heavy atom. The zero-order chi connectivity index (χ0) is 15.4. The number of amides is 1. The van der Waals surface area contributed by atoms with Crippen LogP contribution >= 0.6 is 0 Å². The normalized spacial score (nSPS) is 11.8. The molecule has 6 heteroatoms. The molecule has 4 nitrogen and oxygen atoms in total. The van der Waals surface area contributed by atoms with Crippen LogP contribution in [0.15, 0.2) is 36.5 Å². The summed E-state index contributed by atoms with van der Waals surface area (Å²) in [4.78, 5) is 14.7. The van der Waals surface area contributed by atoms with Gasteiger partial charge in [-0.25, -0.2) is 13.8 Å². The van der Waals surface area contributed by atoms with E-state index in [0.29, 0.717) is 5.69 Å². The van der Waals surface area contributed by atoms with Gasteiger partial charge in [0.2, 0.25) is 5.91 Å². The quantitative estimate of drug-likeness (QED) is 0.906. The molecule has 1 unspecified atom stereocenters. The van der Waals surface area contributed by atoms with Crippen molar-refractivity contribution in [2.24, 2.45) is 0 Å². The minimum Gasteiger partial charge on any atom is -0.361 e. The molecule has 21 heavy (non-hydrogen) atoms. The first kappa shape index (κ1) is 14.9. The maximum atomic E-state index is 13.6. The smallest absolute Gasteiger partial charge is 0.221 e. The number of nitrogens with zero attached hydrogens (tertiary/aromatic N) is 1. The van der Waals surface area contributed by atoms with E-state index in [-0.39, 0.29) is 17.8 Å². The van der Waals surface area contributed by atoms with Crippen LogP contribution in [-0.4, -0.2) is 10.9 Å². The van der Waals surface area contributed by atoms with E-state index in [1.54, 1.807) is 18.2 Å². The molecular weight excluding hydrogens is 276 g/mol. The van der Waals surface area contributed by atoms with Crippen molar-refractivity contribution >= 4 is 17.4 Å². The van der Waals surface area contributed by atoms with Crippen molar-refractivity contribution in [2.45, 2.75) is 19.9 Å². The van der Waals surface area contributed by atoms with Crippen molar-refractivity contribution in [2.75, 3.05) is 10.6 Å². The van der Waals surface area contributed by atoms with Gasteiger partial charge in [-0.05, 0) is 24.6 Å². The summed E-state index contributed by atoms with van der Waals surface area (Å²) in [5, 5.41) is 5.55. The number of aromatic nitrogens is 1. The van der Waals surface area contributed by atoms with Crippen LogP contribution in [-0.2, 0) is 4.79 Å². The third kappa shape index (κ3) is 3.98. The number of hydrogen-bond acceptors (Lipinski definition) is 3. The summed E-state index contributed by atoms with van der Waals surface area (Å²) in [6, 6.07) is 7.67. The van der Waals surface area contributed by atoms with Crippen LogP contribution in [0.3, 0.4) is 0 Å². The Morgan fingerprint density at radius 1 is 1.29 bits per heavy atom. The second-order valence-electron chi connectivity index (χ2n) is 4.66. The van der Waals surface area contributed by atoms with Gasteiger partial charge in [-0.3, -0.25) is 4.79 Å². The molecule has 0 aliphatic rings. The molecule has 2 aromatic rings. The predicted molar refractivity (Wildman–Crippen MR) is 76.9 cm³/mol. The molecule has 0 spiro atoms. The highest BCUT2D eigenvalue weighted by atomic mass is 19.1. The first-order valence-corrected chi connectivity index (χ1v) is 6.41. The van der Waals surface area contributed by atoms with Gasteiger partial charge in [0.25, 0.3) is 0 Å². The lowest BCUT2D eigenvalue weighted by Gasteiger charge is -2.16. The summed E-state index contributed by atoms with van der Waals surface area (Å²) in [6.07, 6.45) is 0.950. The third-order valence-electron chi connectivity index (χ3n) is 2.87. The molecule has 1 heterocycles. The molecule has 0 aliphatic carbocycles. The van der Waals surface area contributed by atoms with Crippen molar-refractivity contribution in [3.05, 3.63) is 53.7 Å². The van der Waals surface area contributed by atoms with E-state index in [4.69, 9.17) is 0 Å². The highest BCUT2D eigenvalue weighted by Crippen LogP contribution is 2.22. The molecule has 1 amide bonds. The van der Waals surface area contributed by atoms with E-state index in [1.807, 2.05) is 13.0 Å². The maximum absolute atomic E-state index is 13.6. The van der Waals surface area contributed by atoms with E-state index in [9.17, 15) is 13.6 Å². The lowest BCUT2D eigenvalue weighted by molar-refractivity contribution is -0.114. The van der Waals surface area contributed by atoms with Crippen LogP contribution in [0.25, 0.3) is 0 Å². The number of benzene rings is 1. The van der Waals surface area contributed by atoms with E-state index in [2.05, 4.69) is 15.6 Å². The number of rotatable bonds is 4. The van der Waals surface area contributed by atoms with Gasteiger partial charge in [0, 0.05) is 18.7 Å². The third-order valence-corrected chi connectivity index (χ3v) is 2.87. The van der Waals surface area contributed by atoms with Crippen LogP contribution in [0.4, 0.5) is 20.3 Å². The van der Waals surface area contributed by atoms with Gasteiger partial charge >= 0.3 is 0 Å². The Labute approximate surface area is 121 Å². The number of carbonyl (C=O) groups excluding carboxylic acids is 1. The molecule has 1 atom stereocenters.